The number of rotatable bonds is 3. The average Bonchev–Trinajstić information content (AvgIpc) is 2.44. The maximum atomic E-state index is 11.8. The molecule has 1 fully saturated rings. The second kappa shape index (κ2) is 5.96. The van der Waals surface area contributed by atoms with Crippen molar-refractivity contribution in [3.05, 3.63) is 24.3 Å². The van der Waals surface area contributed by atoms with Crippen molar-refractivity contribution in [3.8, 4) is 5.75 Å². The smallest absolute Gasteiger partial charge is 0.317 e. The number of aliphatic carboxylic acids is 1. The molecule has 1 heterocycles. The fourth-order valence-electron chi connectivity index (χ4n) is 1.66. The number of carboxylic acid groups (broad SMARTS) is 1. The molecule has 1 aromatic rings. The van der Waals surface area contributed by atoms with Crippen molar-refractivity contribution in [2.45, 2.75) is 11.7 Å². The highest BCUT2D eigenvalue weighted by molar-refractivity contribution is 8.15. The van der Waals surface area contributed by atoms with Gasteiger partial charge in [0, 0.05) is 7.05 Å². The summed E-state index contributed by atoms with van der Waals surface area (Å²) in [5, 5.41) is 8.64. The van der Waals surface area contributed by atoms with Crippen LogP contribution in [0, 0.1) is 0 Å². The first kappa shape index (κ1) is 14.4. The molecule has 0 aromatic heterocycles. The molecular weight excluding hydrogens is 280 g/mol. The zero-order valence-electron chi connectivity index (χ0n) is 11.1. The van der Waals surface area contributed by atoms with E-state index in [1.54, 1.807) is 38.4 Å². The number of carboxylic acids is 1. The Bertz CT molecular complexity index is 556. The Morgan fingerprint density at radius 2 is 2.10 bits per heavy atom. The van der Waals surface area contributed by atoms with Crippen molar-refractivity contribution in [1.29, 1.82) is 0 Å². The maximum Gasteiger partial charge on any atom is 0.317 e. The molecule has 0 radical (unpaired) electrons. The largest absolute Gasteiger partial charge is 0.497 e. The fraction of sp³-hybridized carbons (Fsp3) is 0.308. The normalized spacial score (nSPS) is 21.1. The topological polar surface area (TPSA) is 79.2 Å². The summed E-state index contributed by atoms with van der Waals surface area (Å²) in [5.74, 6) is -0.541. The minimum absolute atomic E-state index is 0.0157. The molecule has 1 aromatic carbocycles. The van der Waals surface area contributed by atoms with Crippen molar-refractivity contribution in [2.75, 3.05) is 14.2 Å². The van der Waals surface area contributed by atoms with Crippen LogP contribution in [-0.2, 0) is 9.59 Å². The zero-order valence-corrected chi connectivity index (χ0v) is 11.9. The van der Waals surface area contributed by atoms with Crippen LogP contribution in [-0.4, -0.2) is 46.5 Å². The average molecular weight is 294 g/mol. The number of carbonyl (C=O) groups is 2. The first-order chi connectivity index (χ1) is 9.51. The number of ether oxygens (including phenoxy) is 1. The van der Waals surface area contributed by atoms with Crippen molar-refractivity contribution in [1.82, 2.24) is 4.90 Å². The Kier molecular flexibility index (Phi) is 4.29. The van der Waals surface area contributed by atoms with Gasteiger partial charge in [-0.25, -0.2) is 4.99 Å². The molecule has 1 N–H and O–H groups in total. The lowest BCUT2D eigenvalue weighted by Crippen LogP contribution is -2.41. The highest BCUT2D eigenvalue weighted by atomic mass is 32.2. The Labute approximate surface area is 120 Å². The third-order valence-electron chi connectivity index (χ3n) is 2.84. The number of amides is 1. The monoisotopic (exact) mass is 294 g/mol. The van der Waals surface area contributed by atoms with Crippen LogP contribution in [0.5, 0.6) is 5.75 Å². The number of benzene rings is 1. The van der Waals surface area contributed by atoms with Crippen molar-refractivity contribution in [2.24, 2.45) is 4.99 Å². The van der Waals surface area contributed by atoms with Crippen LogP contribution < -0.4 is 4.74 Å². The van der Waals surface area contributed by atoms with Gasteiger partial charge in [-0.1, -0.05) is 11.8 Å². The van der Waals surface area contributed by atoms with Crippen LogP contribution in [0.1, 0.15) is 6.42 Å². The van der Waals surface area contributed by atoms with Crippen LogP contribution in [0.4, 0.5) is 5.69 Å². The second-order valence-corrected chi connectivity index (χ2v) is 5.36. The molecule has 1 aliphatic rings. The van der Waals surface area contributed by atoms with E-state index in [2.05, 4.69) is 4.99 Å². The van der Waals surface area contributed by atoms with E-state index in [0.717, 1.165) is 11.8 Å². The lowest BCUT2D eigenvalue weighted by molar-refractivity contribution is -0.139. The summed E-state index contributed by atoms with van der Waals surface area (Å²) >= 11 is 1.08. The SMILES string of the molecule is COc1ccc(N=C2S[C@H](C(=O)O)CC(=O)N2C)cc1. The molecule has 0 saturated carbocycles. The van der Waals surface area contributed by atoms with E-state index in [-0.39, 0.29) is 12.3 Å². The van der Waals surface area contributed by atoms with Crippen LogP contribution >= 0.6 is 11.8 Å². The second-order valence-electron chi connectivity index (χ2n) is 4.19. The van der Waals surface area contributed by atoms with Crippen LogP contribution in [0.25, 0.3) is 0 Å². The lowest BCUT2D eigenvalue weighted by Gasteiger charge is -2.27. The van der Waals surface area contributed by atoms with Crippen molar-refractivity contribution in [3.63, 3.8) is 0 Å². The lowest BCUT2D eigenvalue weighted by atomic mass is 10.3. The third kappa shape index (κ3) is 3.11. The predicted molar refractivity (Wildman–Crippen MR) is 76.5 cm³/mol. The summed E-state index contributed by atoms with van der Waals surface area (Å²) in [6.07, 6.45) is -0.0157. The molecule has 6 nitrogen and oxygen atoms in total. The summed E-state index contributed by atoms with van der Waals surface area (Å²) in [6.45, 7) is 0. The molecule has 20 heavy (non-hydrogen) atoms. The summed E-state index contributed by atoms with van der Waals surface area (Å²) in [7, 11) is 3.16. The van der Waals surface area contributed by atoms with Gasteiger partial charge in [-0.15, -0.1) is 0 Å². The highest BCUT2D eigenvalue weighted by Crippen LogP contribution is 2.28. The Morgan fingerprint density at radius 1 is 1.45 bits per heavy atom. The Hall–Kier alpha value is -2.02. The van der Waals surface area contributed by atoms with Crippen LogP contribution in [0.15, 0.2) is 29.3 Å². The van der Waals surface area contributed by atoms with E-state index in [4.69, 9.17) is 9.84 Å². The molecule has 1 aliphatic heterocycles. The molecule has 7 heteroatoms. The molecule has 2 rings (SSSR count). The summed E-state index contributed by atoms with van der Waals surface area (Å²) < 4.78 is 5.05. The van der Waals surface area contributed by atoms with Gasteiger partial charge < -0.3 is 9.84 Å². The summed E-state index contributed by atoms with van der Waals surface area (Å²) in [6, 6.07) is 7.00. The van der Waals surface area contributed by atoms with Gasteiger partial charge in [0.25, 0.3) is 0 Å². The van der Waals surface area contributed by atoms with Gasteiger partial charge in [-0.2, -0.15) is 0 Å². The minimum Gasteiger partial charge on any atom is -0.497 e. The molecule has 1 saturated heterocycles. The molecule has 0 bridgehead atoms. The zero-order chi connectivity index (χ0) is 14.7. The van der Waals surface area contributed by atoms with Gasteiger partial charge in [0.05, 0.1) is 19.2 Å². The van der Waals surface area contributed by atoms with Gasteiger partial charge in [-0.3, -0.25) is 14.5 Å². The van der Waals surface area contributed by atoms with E-state index in [1.165, 1.54) is 4.90 Å². The molecule has 1 atom stereocenters. The quantitative estimate of drug-likeness (QED) is 0.918. The summed E-state index contributed by atoms with van der Waals surface area (Å²) in [5.41, 5.74) is 0.638. The van der Waals surface area contributed by atoms with Gasteiger partial charge >= 0.3 is 5.97 Å². The minimum atomic E-state index is -1.00. The Morgan fingerprint density at radius 3 is 2.65 bits per heavy atom. The summed E-state index contributed by atoms with van der Waals surface area (Å²) in [4.78, 5) is 28.5. The first-order valence-corrected chi connectivity index (χ1v) is 6.78. The number of methoxy groups -OCH3 is 1. The van der Waals surface area contributed by atoms with Gasteiger partial charge in [-0.05, 0) is 24.3 Å². The molecule has 0 aliphatic carbocycles. The van der Waals surface area contributed by atoms with E-state index >= 15 is 0 Å². The highest BCUT2D eigenvalue weighted by Gasteiger charge is 2.33. The molecule has 106 valence electrons. The van der Waals surface area contributed by atoms with Gasteiger partial charge in [0.1, 0.15) is 11.0 Å². The molecule has 0 unspecified atom stereocenters. The third-order valence-corrected chi connectivity index (χ3v) is 4.07. The standard InChI is InChI=1S/C13H14N2O4S/c1-15-11(16)7-10(12(17)18)20-13(15)14-8-3-5-9(19-2)6-4-8/h3-6,10H,7H2,1-2H3,(H,17,18)/t10-/m0/s1. The number of carbonyl (C=O) groups excluding carboxylic acids is 1. The molecule has 0 spiro atoms. The number of thioether (sulfide) groups is 1. The number of hydrogen-bond donors (Lipinski definition) is 1. The number of hydrogen-bond acceptors (Lipinski definition) is 5. The first-order valence-electron chi connectivity index (χ1n) is 5.90. The number of nitrogens with zero attached hydrogens (tertiary/aromatic N) is 2. The maximum absolute atomic E-state index is 11.8. The molecular formula is C13H14N2O4S. The Balaban J connectivity index is 2.25. The van der Waals surface area contributed by atoms with E-state index < -0.39 is 11.2 Å². The number of amidine groups is 1. The van der Waals surface area contributed by atoms with Gasteiger partial charge in [0.2, 0.25) is 5.91 Å². The van der Waals surface area contributed by atoms with Crippen LogP contribution in [0.2, 0.25) is 0 Å². The van der Waals surface area contributed by atoms with Gasteiger partial charge in [0.15, 0.2) is 5.17 Å². The number of aliphatic imine (C=N–C) groups is 1. The van der Waals surface area contributed by atoms with E-state index in [0.29, 0.717) is 16.6 Å². The molecule has 1 amide bonds. The van der Waals surface area contributed by atoms with Crippen molar-refractivity contribution >= 4 is 34.5 Å². The fourth-order valence-corrected chi connectivity index (χ4v) is 2.66. The van der Waals surface area contributed by atoms with E-state index in [1.807, 2.05) is 0 Å². The predicted octanol–water partition coefficient (Wildman–Crippen LogP) is 1.73. The van der Waals surface area contributed by atoms with Crippen LogP contribution in [0.3, 0.4) is 0 Å². The van der Waals surface area contributed by atoms with E-state index in [9.17, 15) is 9.59 Å². The van der Waals surface area contributed by atoms with Crippen molar-refractivity contribution < 1.29 is 19.4 Å².